The van der Waals surface area contributed by atoms with E-state index >= 15 is 0 Å². The highest BCUT2D eigenvalue weighted by molar-refractivity contribution is 6.30. The molecule has 1 aromatic carbocycles. The van der Waals surface area contributed by atoms with Crippen molar-refractivity contribution in [1.29, 1.82) is 0 Å². The SMILES string of the molecule is OC[C@@H]1CCCN(C(c2ccc(Cl)cc2)C2CCC2)C1. The summed E-state index contributed by atoms with van der Waals surface area (Å²) in [7, 11) is 0. The van der Waals surface area contributed by atoms with E-state index in [2.05, 4.69) is 17.0 Å². The van der Waals surface area contributed by atoms with Gasteiger partial charge in [0.15, 0.2) is 0 Å². The second kappa shape index (κ2) is 6.46. The molecule has 0 aromatic heterocycles. The summed E-state index contributed by atoms with van der Waals surface area (Å²) in [5, 5.41) is 10.3. The van der Waals surface area contributed by atoms with Crippen molar-refractivity contribution in [2.24, 2.45) is 11.8 Å². The summed E-state index contributed by atoms with van der Waals surface area (Å²) in [5.74, 6) is 1.24. The number of aliphatic hydroxyl groups is 1. The zero-order chi connectivity index (χ0) is 13.9. The van der Waals surface area contributed by atoms with E-state index in [9.17, 15) is 5.11 Å². The molecule has 1 saturated carbocycles. The standard InChI is InChI=1S/C17H24ClNO/c18-16-8-6-15(7-9-16)17(14-4-1-5-14)19-10-2-3-13(11-19)12-20/h6-9,13-14,17,20H,1-5,10-12H2/t13-,17?/m1/s1. The van der Waals surface area contributed by atoms with Gasteiger partial charge in [0.05, 0.1) is 0 Å². The first-order chi connectivity index (χ1) is 9.78. The summed E-state index contributed by atoms with van der Waals surface area (Å²) in [6.07, 6.45) is 6.43. The Labute approximate surface area is 126 Å². The maximum Gasteiger partial charge on any atom is 0.0471 e. The number of nitrogens with zero attached hydrogens (tertiary/aromatic N) is 1. The van der Waals surface area contributed by atoms with Gasteiger partial charge in [-0.25, -0.2) is 0 Å². The molecule has 20 heavy (non-hydrogen) atoms. The first-order valence-electron chi connectivity index (χ1n) is 7.88. The molecule has 3 heteroatoms. The Morgan fingerprint density at radius 1 is 1.15 bits per heavy atom. The third kappa shape index (κ3) is 3.03. The summed E-state index contributed by atoms with van der Waals surface area (Å²) < 4.78 is 0. The number of aliphatic hydroxyl groups excluding tert-OH is 1. The number of hydrogen-bond acceptors (Lipinski definition) is 2. The van der Waals surface area contributed by atoms with Crippen LogP contribution in [0.1, 0.15) is 43.7 Å². The van der Waals surface area contributed by atoms with Crippen molar-refractivity contribution in [2.75, 3.05) is 19.7 Å². The van der Waals surface area contributed by atoms with Crippen molar-refractivity contribution < 1.29 is 5.11 Å². The van der Waals surface area contributed by atoms with Gasteiger partial charge in [-0.05, 0) is 61.8 Å². The minimum atomic E-state index is 0.328. The van der Waals surface area contributed by atoms with Gasteiger partial charge in [-0.15, -0.1) is 0 Å². The summed E-state index contributed by atoms with van der Waals surface area (Å²) in [6.45, 7) is 2.54. The quantitative estimate of drug-likeness (QED) is 0.910. The molecule has 1 heterocycles. The van der Waals surface area contributed by atoms with Crippen LogP contribution in [0.25, 0.3) is 0 Å². The lowest BCUT2D eigenvalue weighted by molar-refractivity contribution is 0.0402. The molecule has 1 aliphatic heterocycles. The van der Waals surface area contributed by atoms with Gasteiger partial charge in [0, 0.05) is 24.2 Å². The van der Waals surface area contributed by atoms with Crippen LogP contribution in [0.3, 0.4) is 0 Å². The highest BCUT2D eigenvalue weighted by atomic mass is 35.5. The number of hydrogen-bond donors (Lipinski definition) is 1. The van der Waals surface area contributed by atoms with Crippen molar-refractivity contribution in [3.63, 3.8) is 0 Å². The van der Waals surface area contributed by atoms with Crippen molar-refractivity contribution in [3.8, 4) is 0 Å². The minimum Gasteiger partial charge on any atom is -0.396 e. The van der Waals surface area contributed by atoms with E-state index in [1.165, 1.54) is 44.2 Å². The predicted molar refractivity (Wildman–Crippen MR) is 82.9 cm³/mol. The van der Waals surface area contributed by atoms with E-state index in [1.54, 1.807) is 0 Å². The summed E-state index contributed by atoms with van der Waals surface area (Å²) in [5.41, 5.74) is 1.40. The highest BCUT2D eigenvalue weighted by Crippen LogP contribution is 2.42. The molecule has 1 N–H and O–H groups in total. The average Bonchev–Trinajstić information content (AvgIpc) is 2.44. The van der Waals surface area contributed by atoms with Crippen LogP contribution in [-0.4, -0.2) is 29.7 Å². The van der Waals surface area contributed by atoms with Crippen LogP contribution < -0.4 is 0 Å². The largest absolute Gasteiger partial charge is 0.396 e. The van der Waals surface area contributed by atoms with E-state index in [0.717, 1.165) is 17.5 Å². The van der Waals surface area contributed by atoms with Crippen LogP contribution >= 0.6 is 11.6 Å². The molecule has 0 bridgehead atoms. The van der Waals surface area contributed by atoms with Crippen molar-refractivity contribution in [2.45, 2.75) is 38.1 Å². The smallest absolute Gasteiger partial charge is 0.0471 e. The van der Waals surface area contributed by atoms with Crippen LogP contribution in [0.2, 0.25) is 5.02 Å². The number of rotatable bonds is 4. The molecule has 1 saturated heterocycles. The van der Waals surface area contributed by atoms with E-state index in [-0.39, 0.29) is 0 Å². The zero-order valence-electron chi connectivity index (χ0n) is 12.0. The second-order valence-electron chi connectivity index (χ2n) is 6.37. The Morgan fingerprint density at radius 3 is 2.50 bits per heavy atom. The van der Waals surface area contributed by atoms with Gasteiger partial charge in [0.25, 0.3) is 0 Å². The maximum atomic E-state index is 9.46. The van der Waals surface area contributed by atoms with Gasteiger partial charge in [-0.3, -0.25) is 4.90 Å². The number of likely N-dealkylation sites (tertiary alicyclic amines) is 1. The summed E-state index contributed by atoms with van der Waals surface area (Å²) >= 11 is 6.03. The van der Waals surface area contributed by atoms with Gasteiger partial charge < -0.3 is 5.11 Å². The third-order valence-corrected chi connectivity index (χ3v) is 5.26. The zero-order valence-corrected chi connectivity index (χ0v) is 12.7. The lowest BCUT2D eigenvalue weighted by Crippen LogP contribution is -2.43. The Hall–Kier alpha value is -0.570. The highest BCUT2D eigenvalue weighted by Gasteiger charge is 2.35. The molecule has 1 aromatic rings. The van der Waals surface area contributed by atoms with Crippen LogP contribution in [0, 0.1) is 11.8 Å². The van der Waals surface area contributed by atoms with Crippen molar-refractivity contribution >= 4 is 11.6 Å². The van der Waals surface area contributed by atoms with Gasteiger partial charge >= 0.3 is 0 Å². The predicted octanol–water partition coefficient (Wildman–Crippen LogP) is 3.89. The van der Waals surface area contributed by atoms with Crippen molar-refractivity contribution in [1.82, 2.24) is 4.90 Å². The Balaban J connectivity index is 1.80. The van der Waals surface area contributed by atoms with Gasteiger partial charge in [0.2, 0.25) is 0 Å². The third-order valence-electron chi connectivity index (χ3n) is 5.01. The molecule has 1 unspecified atom stereocenters. The van der Waals surface area contributed by atoms with E-state index in [1.807, 2.05) is 12.1 Å². The molecule has 2 aliphatic rings. The number of benzene rings is 1. The Morgan fingerprint density at radius 2 is 1.90 bits per heavy atom. The van der Waals surface area contributed by atoms with E-state index < -0.39 is 0 Å². The Kier molecular flexibility index (Phi) is 4.65. The molecular formula is C17H24ClNO. The van der Waals surface area contributed by atoms with Crippen LogP contribution in [0.15, 0.2) is 24.3 Å². The molecule has 3 rings (SSSR count). The average molecular weight is 294 g/mol. The molecule has 2 nitrogen and oxygen atoms in total. The fraction of sp³-hybridized carbons (Fsp3) is 0.647. The normalized spacial score (nSPS) is 26.2. The molecule has 0 amide bonds. The van der Waals surface area contributed by atoms with Gasteiger partial charge in [-0.1, -0.05) is 30.2 Å². The molecule has 0 radical (unpaired) electrons. The lowest BCUT2D eigenvalue weighted by atomic mass is 9.75. The topological polar surface area (TPSA) is 23.5 Å². The molecular weight excluding hydrogens is 270 g/mol. The number of piperidine rings is 1. The molecule has 0 spiro atoms. The monoisotopic (exact) mass is 293 g/mol. The van der Waals surface area contributed by atoms with Gasteiger partial charge in [-0.2, -0.15) is 0 Å². The molecule has 2 fully saturated rings. The van der Waals surface area contributed by atoms with Crippen molar-refractivity contribution in [3.05, 3.63) is 34.9 Å². The maximum absolute atomic E-state index is 9.46. The lowest BCUT2D eigenvalue weighted by Gasteiger charge is -2.44. The fourth-order valence-corrected chi connectivity index (χ4v) is 3.82. The van der Waals surface area contributed by atoms with E-state index in [0.29, 0.717) is 18.6 Å². The Bertz CT molecular complexity index is 429. The fourth-order valence-electron chi connectivity index (χ4n) is 3.70. The molecule has 110 valence electrons. The first kappa shape index (κ1) is 14.4. The van der Waals surface area contributed by atoms with Gasteiger partial charge in [0.1, 0.15) is 0 Å². The number of halogens is 1. The second-order valence-corrected chi connectivity index (χ2v) is 6.81. The summed E-state index contributed by atoms with van der Waals surface area (Å²) in [4.78, 5) is 2.61. The first-order valence-corrected chi connectivity index (χ1v) is 8.26. The van der Waals surface area contributed by atoms with Crippen LogP contribution in [0.4, 0.5) is 0 Å². The molecule has 1 aliphatic carbocycles. The summed E-state index contributed by atoms with van der Waals surface area (Å²) in [6, 6.07) is 8.92. The van der Waals surface area contributed by atoms with Crippen LogP contribution in [-0.2, 0) is 0 Å². The molecule has 2 atom stereocenters. The minimum absolute atomic E-state index is 0.328. The van der Waals surface area contributed by atoms with E-state index in [4.69, 9.17) is 11.6 Å². The van der Waals surface area contributed by atoms with Crippen LogP contribution in [0.5, 0.6) is 0 Å².